The molecule has 1 aromatic rings. The number of hydrogen-bond acceptors (Lipinski definition) is 4. The maximum absolute atomic E-state index is 12.3. The molecule has 1 unspecified atom stereocenters. The van der Waals surface area contributed by atoms with Gasteiger partial charge in [-0.3, -0.25) is 19.7 Å². The first-order valence-electron chi connectivity index (χ1n) is 5.81. The summed E-state index contributed by atoms with van der Waals surface area (Å²) in [6, 6.07) is 5.86. The van der Waals surface area contributed by atoms with E-state index in [0.717, 1.165) is 0 Å². The van der Waals surface area contributed by atoms with Gasteiger partial charge in [-0.05, 0) is 31.2 Å². The van der Waals surface area contributed by atoms with Crippen LogP contribution >= 0.6 is 0 Å². The summed E-state index contributed by atoms with van der Waals surface area (Å²) in [6.07, 6.45) is 0. The van der Waals surface area contributed by atoms with Crippen LogP contribution in [-0.4, -0.2) is 42.3 Å². The van der Waals surface area contributed by atoms with Crippen LogP contribution in [0.3, 0.4) is 0 Å². The summed E-state index contributed by atoms with van der Waals surface area (Å²) >= 11 is 0. The Kier molecular flexibility index (Phi) is 3.50. The number of methoxy groups -OCH3 is 1. The third kappa shape index (κ3) is 2.57. The number of ether oxygens (including phenoxy) is 1. The maximum atomic E-state index is 12.3. The lowest BCUT2D eigenvalue weighted by Gasteiger charge is -2.31. The third-order valence-corrected chi connectivity index (χ3v) is 3.02. The zero-order valence-corrected chi connectivity index (χ0v) is 10.7. The smallest absolute Gasteiger partial charge is 0.254 e. The van der Waals surface area contributed by atoms with Gasteiger partial charge in [-0.15, -0.1) is 0 Å². The molecule has 1 fully saturated rings. The quantitative estimate of drug-likeness (QED) is 0.772. The van der Waals surface area contributed by atoms with Gasteiger partial charge in [-0.2, -0.15) is 0 Å². The van der Waals surface area contributed by atoms with E-state index in [0.29, 0.717) is 11.3 Å². The topological polar surface area (TPSA) is 75.7 Å². The van der Waals surface area contributed by atoms with Crippen molar-refractivity contribution in [3.8, 4) is 5.75 Å². The highest BCUT2D eigenvalue weighted by molar-refractivity contribution is 6.07. The zero-order chi connectivity index (χ0) is 14.0. The molecule has 2 rings (SSSR count). The zero-order valence-electron chi connectivity index (χ0n) is 10.7. The Balaban J connectivity index is 2.22. The van der Waals surface area contributed by atoms with Gasteiger partial charge in [0.15, 0.2) is 0 Å². The highest BCUT2D eigenvalue weighted by Crippen LogP contribution is 2.15. The number of nitrogens with one attached hydrogen (secondary N) is 1. The van der Waals surface area contributed by atoms with Crippen LogP contribution in [0.25, 0.3) is 0 Å². The molecule has 19 heavy (non-hydrogen) atoms. The first-order valence-corrected chi connectivity index (χ1v) is 5.81. The Morgan fingerprint density at radius 2 is 1.95 bits per heavy atom. The molecule has 1 N–H and O–H groups in total. The molecule has 3 amide bonds. The first-order chi connectivity index (χ1) is 9.02. The first kappa shape index (κ1) is 13.1. The lowest BCUT2D eigenvalue weighted by molar-refractivity contribution is -0.138. The summed E-state index contributed by atoms with van der Waals surface area (Å²) in [5, 5.41) is 2.19. The Labute approximate surface area is 110 Å². The summed E-state index contributed by atoms with van der Waals surface area (Å²) in [5.41, 5.74) is 0.412. The van der Waals surface area contributed by atoms with Crippen LogP contribution in [-0.2, 0) is 9.59 Å². The standard InChI is InChI=1S/C13H14N2O4/c1-8-12(17)14-11(16)7-15(8)13(18)9-3-5-10(19-2)6-4-9/h3-6,8H,7H2,1-2H3,(H,14,16,17). The Hall–Kier alpha value is -2.37. The van der Waals surface area contributed by atoms with E-state index in [9.17, 15) is 14.4 Å². The van der Waals surface area contributed by atoms with Crippen molar-refractivity contribution in [2.75, 3.05) is 13.7 Å². The number of nitrogens with zero attached hydrogens (tertiary/aromatic N) is 1. The minimum atomic E-state index is -0.660. The molecular formula is C13H14N2O4. The van der Waals surface area contributed by atoms with Crippen molar-refractivity contribution in [1.82, 2.24) is 10.2 Å². The van der Waals surface area contributed by atoms with Crippen LogP contribution < -0.4 is 10.1 Å². The average Bonchev–Trinajstić information content (AvgIpc) is 2.42. The SMILES string of the molecule is COc1ccc(C(=O)N2CC(=O)NC(=O)C2C)cc1. The van der Waals surface area contributed by atoms with Crippen molar-refractivity contribution in [2.45, 2.75) is 13.0 Å². The van der Waals surface area contributed by atoms with E-state index < -0.39 is 17.9 Å². The van der Waals surface area contributed by atoms with Crippen molar-refractivity contribution < 1.29 is 19.1 Å². The summed E-state index contributed by atoms with van der Waals surface area (Å²) in [4.78, 5) is 36.3. The molecule has 100 valence electrons. The molecule has 0 aromatic heterocycles. The molecule has 1 aliphatic rings. The second-order valence-corrected chi connectivity index (χ2v) is 4.25. The third-order valence-electron chi connectivity index (χ3n) is 3.02. The van der Waals surface area contributed by atoms with E-state index in [1.807, 2.05) is 0 Å². The Morgan fingerprint density at radius 1 is 1.32 bits per heavy atom. The fraction of sp³-hybridized carbons (Fsp3) is 0.308. The maximum Gasteiger partial charge on any atom is 0.254 e. The van der Waals surface area contributed by atoms with Crippen LogP contribution in [0.5, 0.6) is 5.75 Å². The van der Waals surface area contributed by atoms with Gasteiger partial charge in [-0.25, -0.2) is 0 Å². The van der Waals surface area contributed by atoms with Gasteiger partial charge in [0.25, 0.3) is 5.91 Å². The van der Waals surface area contributed by atoms with E-state index in [2.05, 4.69) is 5.32 Å². The molecule has 6 nitrogen and oxygen atoms in total. The summed E-state index contributed by atoms with van der Waals surface area (Å²) in [5.74, 6) is -0.640. The second kappa shape index (κ2) is 5.09. The predicted molar refractivity (Wildman–Crippen MR) is 66.6 cm³/mol. The van der Waals surface area contributed by atoms with Crippen molar-refractivity contribution in [2.24, 2.45) is 0 Å². The largest absolute Gasteiger partial charge is 0.497 e. The van der Waals surface area contributed by atoms with Gasteiger partial charge in [-0.1, -0.05) is 0 Å². The van der Waals surface area contributed by atoms with Crippen LogP contribution in [0.2, 0.25) is 0 Å². The minimum Gasteiger partial charge on any atom is -0.497 e. The van der Waals surface area contributed by atoms with Gasteiger partial charge < -0.3 is 9.64 Å². The Morgan fingerprint density at radius 3 is 2.53 bits per heavy atom. The van der Waals surface area contributed by atoms with Crippen LogP contribution in [0.1, 0.15) is 17.3 Å². The summed E-state index contributed by atoms with van der Waals surface area (Å²) in [6.45, 7) is 1.47. The van der Waals surface area contributed by atoms with Gasteiger partial charge in [0.1, 0.15) is 18.3 Å². The lowest BCUT2D eigenvalue weighted by atomic mass is 10.1. The molecule has 0 radical (unpaired) electrons. The molecular weight excluding hydrogens is 248 g/mol. The second-order valence-electron chi connectivity index (χ2n) is 4.25. The number of rotatable bonds is 2. The van der Waals surface area contributed by atoms with E-state index in [1.54, 1.807) is 31.2 Å². The summed E-state index contributed by atoms with van der Waals surface area (Å²) < 4.78 is 5.01. The van der Waals surface area contributed by atoms with Crippen molar-refractivity contribution in [3.63, 3.8) is 0 Å². The number of amides is 3. The number of carbonyl (C=O) groups is 3. The van der Waals surface area contributed by atoms with Crippen molar-refractivity contribution in [3.05, 3.63) is 29.8 Å². The van der Waals surface area contributed by atoms with E-state index in [-0.39, 0.29) is 12.5 Å². The molecule has 0 spiro atoms. The molecule has 6 heteroatoms. The van der Waals surface area contributed by atoms with Crippen LogP contribution in [0.15, 0.2) is 24.3 Å². The van der Waals surface area contributed by atoms with Crippen LogP contribution in [0, 0.1) is 0 Å². The highest BCUT2D eigenvalue weighted by atomic mass is 16.5. The van der Waals surface area contributed by atoms with Gasteiger partial charge >= 0.3 is 0 Å². The molecule has 1 saturated heterocycles. The van der Waals surface area contributed by atoms with E-state index in [4.69, 9.17) is 4.74 Å². The monoisotopic (exact) mass is 262 g/mol. The molecule has 1 heterocycles. The molecule has 1 aliphatic heterocycles. The normalized spacial score (nSPS) is 19.1. The molecule has 1 aromatic carbocycles. The summed E-state index contributed by atoms with van der Waals surface area (Å²) in [7, 11) is 1.53. The molecule has 0 aliphatic carbocycles. The van der Waals surface area contributed by atoms with Gasteiger partial charge in [0.05, 0.1) is 7.11 Å². The van der Waals surface area contributed by atoms with Gasteiger partial charge in [0, 0.05) is 5.56 Å². The molecule has 0 bridgehead atoms. The fourth-order valence-electron chi connectivity index (χ4n) is 1.86. The highest BCUT2D eigenvalue weighted by Gasteiger charge is 2.33. The van der Waals surface area contributed by atoms with E-state index >= 15 is 0 Å². The Bertz CT molecular complexity index is 524. The van der Waals surface area contributed by atoms with E-state index in [1.165, 1.54) is 12.0 Å². The van der Waals surface area contributed by atoms with Crippen molar-refractivity contribution in [1.29, 1.82) is 0 Å². The number of carbonyl (C=O) groups excluding carboxylic acids is 3. The minimum absolute atomic E-state index is 0.113. The molecule has 1 atom stereocenters. The number of imide groups is 1. The average molecular weight is 262 g/mol. The number of hydrogen-bond donors (Lipinski definition) is 1. The number of piperazine rings is 1. The molecule has 0 saturated carbocycles. The fourth-order valence-corrected chi connectivity index (χ4v) is 1.86. The van der Waals surface area contributed by atoms with Crippen molar-refractivity contribution >= 4 is 17.7 Å². The lowest BCUT2D eigenvalue weighted by Crippen LogP contribution is -2.58. The van der Waals surface area contributed by atoms with Gasteiger partial charge in [0.2, 0.25) is 11.8 Å². The number of benzene rings is 1. The predicted octanol–water partition coefficient (Wildman–Crippen LogP) is 0.182. The van der Waals surface area contributed by atoms with Crippen LogP contribution in [0.4, 0.5) is 0 Å².